The molecule has 160 valence electrons. The zero-order valence-electron chi connectivity index (χ0n) is 17.4. The van der Waals surface area contributed by atoms with Crippen molar-refractivity contribution in [2.45, 2.75) is 26.3 Å². The van der Waals surface area contributed by atoms with Gasteiger partial charge in [0.15, 0.2) is 0 Å². The summed E-state index contributed by atoms with van der Waals surface area (Å²) in [5.41, 5.74) is 2.03. The van der Waals surface area contributed by atoms with E-state index in [2.05, 4.69) is 17.2 Å². The molecule has 0 radical (unpaired) electrons. The van der Waals surface area contributed by atoms with Crippen LogP contribution in [0.2, 0.25) is 0 Å². The Kier molecular flexibility index (Phi) is 7.77. The van der Waals surface area contributed by atoms with Gasteiger partial charge in [0.2, 0.25) is 15.9 Å². The lowest BCUT2D eigenvalue weighted by Crippen LogP contribution is -2.45. The Morgan fingerprint density at radius 1 is 1.13 bits per heavy atom. The number of amides is 2. The van der Waals surface area contributed by atoms with Crippen molar-refractivity contribution in [2.24, 2.45) is 0 Å². The third-order valence-corrected chi connectivity index (χ3v) is 5.77. The predicted octanol–water partition coefficient (Wildman–Crippen LogP) is 2.96. The maximum atomic E-state index is 12.9. The van der Waals surface area contributed by atoms with Crippen LogP contribution in [-0.2, 0) is 21.2 Å². The van der Waals surface area contributed by atoms with Crippen LogP contribution in [0.3, 0.4) is 0 Å². The van der Waals surface area contributed by atoms with Gasteiger partial charge in [-0.2, -0.15) is 0 Å². The summed E-state index contributed by atoms with van der Waals surface area (Å²) in [6, 6.07) is 12.5. The normalized spacial score (nSPS) is 12.0. The Bertz CT molecular complexity index is 1020. The number of hydrogen-bond acceptors (Lipinski definition) is 4. The Hall–Kier alpha value is -3.13. The smallest absolute Gasteiger partial charge is 0.253 e. The number of para-hydroxylation sites is 1. The molecule has 0 aliphatic heterocycles. The van der Waals surface area contributed by atoms with Crippen molar-refractivity contribution in [3.05, 3.63) is 72.3 Å². The summed E-state index contributed by atoms with van der Waals surface area (Å²) in [6.45, 7) is 7.35. The first-order chi connectivity index (χ1) is 14.2. The Balaban J connectivity index is 2.30. The molecular weight excluding hydrogens is 402 g/mol. The second kappa shape index (κ2) is 10.1. The van der Waals surface area contributed by atoms with Crippen LogP contribution < -0.4 is 14.9 Å². The molecule has 0 fully saturated rings. The maximum absolute atomic E-state index is 12.9. The summed E-state index contributed by atoms with van der Waals surface area (Å²) in [4.78, 5) is 25.3. The lowest BCUT2D eigenvalue weighted by Gasteiger charge is -2.28. The van der Waals surface area contributed by atoms with E-state index < -0.39 is 22.0 Å². The lowest BCUT2D eigenvalue weighted by atomic mass is 10.1. The molecular formula is C22H27N3O4S. The molecule has 7 nitrogen and oxygen atoms in total. The van der Waals surface area contributed by atoms with Gasteiger partial charge in [-0.3, -0.25) is 13.9 Å². The van der Waals surface area contributed by atoms with E-state index in [0.717, 1.165) is 22.5 Å². The first kappa shape index (κ1) is 23.2. The van der Waals surface area contributed by atoms with Gasteiger partial charge in [-0.05, 0) is 43.2 Å². The average molecular weight is 430 g/mol. The van der Waals surface area contributed by atoms with E-state index in [4.69, 9.17) is 0 Å². The Morgan fingerprint density at radius 2 is 1.77 bits per heavy atom. The molecule has 0 aromatic heterocycles. The van der Waals surface area contributed by atoms with Gasteiger partial charge >= 0.3 is 0 Å². The van der Waals surface area contributed by atoms with Gasteiger partial charge in [-0.15, -0.1) is 6.58 Å². The molecule has 0 aliphatic rings. The molecule has 2 rings (SSSR count). The van der Waals surface area contributed by atoms with Crippen LogP contribution in [0, 0.1) is 0 Å². The Labute approximate surface area is 177 Å². The fraction of sp³-hybridized carbons (Fsp3) is 0.273. The van der Waals surface area contributed by atoms with E-state index in [9.17, 15) is 18.0 Å². The first-order valence-corrected chi connectivity index (χ1v) is 11.4. The molecule has 0 bridgehead atoms. The van der Waals surface area contributed by atoms with Crippen molar-refractivity contribution in [1.82, 2.24) is 5.32 Å². The van der Waals surface area contributed by atoms with Crippen molar-refractivity contribution in [2.75, 3.05) is 22.4 Å². The minimum absolute atomic E-state index is 0.276. The number of anilines is 2. The van der Waals surface area contributed by atoms with Crippen LogP contribution in [0.1, 0.15) is 29.8 Å². The second-order valence-corrected chi connectivity index (χ2v) is 8.65. The molecule has 0 aliphatic carbocycles. The van der Waals surface area contributed by atoms with Crippen LogP contribution in [0.25, 0.3) is 0 Å². The molecule has 2 amide bonds. The predicted molar refractivity (Wildman–Crippen MR) is 120 cm³/mol. The number of nitrogens with one attached hydrogen (secondary N) is 2. The summed E-state index contributed by atoms with van der Waals surface area (Å²) in [6.07, 6.45) is 3.43. The largest absolute Gasteiger partial charge is 0.349 e. The van der Waals surface area contributed by atoms with E-state index in [1.165, 1.54) is 6.92 Å². The van der Waals surface area contributed by atoms with Gasteiger partial charge in [0.1, 0.15) is 6.04 Å². The van der Waals surface area contributed by atoms with E-state index in [-0.39, 0.29) is 18.0 Å². The molecule has 2 aromatic rings. The molecule has 8 heteroatoms. The van der Waals surface area contributed by atoms with Crippen LogP contribution in [0.4, 0.5) is 11.4 Å². The van der Waals surface area contributed by atoms with Crippen LogP contribution >= 0.6 is 0 Å². The summed E-state index contributed by atoms with van der Waals surface area (Å²) >= 11 is 0. The molecule has 2 aromatic carbocycles. The highest BCUT2D eigenvalue weighted by Gasteiger charge is 2.29. The van der Waals surface area contributed by atoms with E-state index in [1.54, 1.807) is 42.5 Å². The van der Waals surface area contributed by atoms with Gasteiger partial charge < -0.3 is 10.6 Å². The van der Waals surface area contributed by atoms with Gasteiger partial charge in [0.05, 0.1) is 23.2 Å². The summed E-state index contributed by atoms with van der Waals surface area (Å²) < 4.78 is 26.0. The number of carbonyl (C=O) groups is 2. The second-order valence-electron chi connectivity index (χ2n) is 6.79. The zero-order chi connectivity index (χ0) is 22.3. The average Bonchev–Trinajstić information content (AvgIpc) is 2.72. The first-order valence-electron chi connectivity index (χ1n) is 9.56. The van der Waals surface area contributed by atoms with Crippen molar-refractivity contribution in [1.29, 1.82) is 0 Å². The third-order valence-electron chi connectivity index (χ3n) is 4.52. The van der Waals surface area contributed by atoms with E-state index >= 15 is 0 Å². The molecule has 2 N–H and O–H groups in total. The van der Waals surface area contributed by atoms with Gasteiger partial charge in [-0.25, -0.2) is 8.42 Å². The van der Waals surface area contributed by atoms with E-state index in [1.807, 2.05) is 19.1 Å². The Morgan fingerprint density at radius 3 is 2.33 bits per heavy atom. The number of benzene rings is 2. The topological polar surface area (TPSA) is 95.6 Å². The number of aryl methyl sites for hydroxylation is 1. The molecule has 1 unspecified atom stereocenters. The van der Waals surface area contributed by atoms with Crippen LogP contribution in [0.5, 0.6) is 0 Å². The van der Waals surface area contributed by atoms with Crippen molar-refractivity contribution in [3.63, 3.8) is 0 Å². The fourth-order valence-electron chi connectivity index (χ4n) is 2.97. The number of sulfonamides is 1. The quantitative estimate of drug-likeness (QED) is 0.599. The number of rotatable bonds is 9. The molecule has 0 saturated carbocycles. The summed E-state index contributed by atoms with van der Waals surface area (Å²) in [5.74, 6) is -0.919. The summed E-state index contributed by atoms with van der Waals surface area (Å²) in [7, 11) is -3.73. The van der Waals surface area contributed by atoms with Gasteiger partial charge in [-0.1, -0.05) is 37.3 Å². The van der Waals surface area contributed by atoms with Crippen LogP contribution in [-0.4, -0.2) is 39.1 Å². The van der Waals surface area contributed by atoms with Gasteiger partial charge in [0.25, 0.3) is 5.91 Å². The third kappa shape index (κ3) is 5.70. The highest BCUT2D eigenvalue weighted by Crippen LogP contribution is 2.23. The minimum Gasteiger partial charge on any atom is -0.349 e. The lowest BCUT2D eigenvalue weighted by molar-refractivity contribution is -0.116. The number of carbonyl (C=O) groups excluding carboxylic acids is 2. The zero-order valence-corrected chi connectivity index (χ0v) is 18.2. The van der Waals surface area contributed by atoms with Crippen molar-refractivity contribution >= 4 is 33.2 Å². The highest BCUT2D eigenvalue weighted by molar-refractivity contribution is 7.92. The van der Waals surface area contributed by atoms with Crippen molar-refractivity contribution in [3.8, 4) is 0 Å². The van der Waals surface area contributed by atoms with Gasteiger partial charge in [0, 0.05) is 6.54 Å². The number of nitrogens with zero attached hydrogens (tertiary/aromatic N) is 1. The molecule has 30 heavy (non-hydrogen) atoms. The summed E-state index contributed by atoms with van der Waals surface area (Å²) in [5, 5.41) is 5.34. The standard InChI is InChI=1S/C22H27N3O4S/c1-5-15-23-22(27)19-9-7-8-10-20(19)24-21(26)16(3)25(30(4,28)29)18-13-11-17(6-2)12-14-18/h5,7-14,16H,1,6,15H2,2-4H3,(H,23,27)(H,24,26). The highest BCUT2D eigenvalue weighted by atomic mass is 32.2. The molecule has 1 atom stereocenters. The molecule has 0 heterocycles. The number of hydrogen-bond donors (Lipinski definition) is 2. The SMILES string of the molecule is C=CCNC(=O)c1ccccc1NC(=O)C(C)N(c1ccc(CC)cc1)S(C)(=O)=O. The van der Waals surface area contributed by atoms with Crippen molar-refractivity contribution < 1.29 is 18.0 Å². The fourth-order valence-corrected chi connectivity index (χ4v) is 4.15. The monoisotopic (exact) mass is 429 g/mol. The van der Waals surface area contributed by atoms with E-state index in [0.29, 0.717) is 11.4 Å². The van der Waals surface area contributed by atoms with Crippen LogP contribution in [0.15, 0.2) is 61.2 Å². The maximum Gasteiger partial charge on any atom is 0.253 e. The minimum atomic E-state index is -3.73. The molecule has 0 saturated heterocycles. The molecule has 0 spiro atoms.